The van der Waals surface area contributed by atoms with Crippen LogP contribution in [0.5, 0.6) is 0 Å². The van der Waals surface area contributed by atoms with E-state index in [1.54, 1.807) is 16.9 Å². The Balaban J connectivity index is 1.73. The quantitative estimate of drug-likeness (QED) is 0.642. The van der Waals surface area contributed by atoms with Crippen molar-refractivity contribution in [2.24, 2.45) is 7.05 Å². The van der Waals surface area contributed by atoms with E-state index in [4.69, 9.17) is 0 Å². The van der Waals surface area contributed by atoms with E-state index >= 15 is 0 Å². The number of aryl methyl sites for hydroxylation is 2. The molecular weight excluding hydrogens is 350 g/mol. The lowest BCUT2D eigenvalue weighted by Crippen LogP contribution is -2.48. The van der Waals surface area contributed by atoms with Gasteiger partial charge in [0.25, 0.3) is 5.91 Å². The number of hydrogen-bond acceptors (Lipinski definition) is 7. The number of aromatic nitrogens is 4. The van der Waals surface area contributed by atoms with Gasteiger partial charge in [-0.3, -0.25) is 9.48 Å². The molecule has 26 heavy (non-hydrogen) atoms. The summed E-state index contributed by atoms with van der Waals surface area (Å²) in [5, 5.41) is 17.3. The van der Waals surface area contributed by atoms with Gasteiger partial charge in [0.2, 0.25) is 0 Å². The number of amides is 1. The van der Waals surface area contributed by atoms with E-state index in [1.165, 1.54) is 11.8 Å². The van der Waals surface area contributed by atoms with Gasteiger partial charge in [-0.25, -0.2) is 9.97 Å². The van der Waals surface area contributed by atoms with E-state index in [0.29, 0.717) is 28.8 Å². The largest absolute Gasteiger partial charge is 0.353 e. The standard InChI is InChI=1S/C17H21N7OS/c1-11-7-14(22-23(11)2)16(25)20-13-5-4-6-24(10-13)15-12(8-18)9-19-17(21-15)26-3/h7,9,13H,4-6,10H2,1-3H3,(H,20,25). The Kier molecular flexibility index (Phi) is 5.42. The van der Waals surface area contributed by atoms with Crippen LogP contribution in [0.25, 0.3) is 0 Å². The maximum Gasteiger partial charge on any atom is 0.272 e. The molecule has 1 atom stereocenters. The highest BCUT2D eigenvalue weighted by Gasteiger charge is 2.25. The molecule has 9 heteroatoms. The topological polar surface area (TPSA) is 99.7 Å². The van der Waals surface area contributed by atoms with Gasteiger partial charge in [0, 0.05) is 31.9 Å². The highest BCUT2D eigenvalue weighted by Crippen LogP contribution is 2.23. The molecule has 2 aromatic heterocycles. The van der Waals surface area contributed by atoms with Crippen molar-refractivity contribution < 1.29 is 4.79 Å². The zero-order chi connectivity index (χ0) is 18.7. The van der Waals surface area contributed by atoms with E-state index in [-0.39, 0.29) is 11.9 Å². The number of nitriles is 1. The molecule has 0 bridgehead atoms. The Morgan fingerprint density at radius 2 is 2.31 bits per heavy atom. The summed E-state index contributed by atoms with van der Waals surface area (Å²) in [7, 11) is 1.82. The van der Waals surface area contributed by atoms with Gasteiger partial charge >= 0.3 is 0 Å². The molecule has 136 valence electrons. The van der Waals surface area contributed by atoms with Crippen LogP contribution in [0.3, 0.4) is 0 Å². The molecular formula is C17H21N7OS. The first kappa shape index (κ1) is 18.2. The van der Waals surface area contributed by atoms with Gasteiger partial charge < -0.3 is 10.2 Å². The predicted molar refractivity (Wildman–Crippen MR) is 99.2 cm³/mol. The summed E-state index contributed by atoms with van der Waals surface area (Å²) in [4.78, 5) is 23.2. The number of carbonyl (C=O) groups is 1. The molecule has 2 aromatic rings. The van der Waals surface area contributed by atoms with E-state index < -0.39 is 0 Å². The summed E-state index contributed by atoms with van der Waals surface area (Å²) in [6, 6.07) is 3.92. The molecule has 0 spiro atoms. The average molecular weight is 371 g/mol. The van der Waals surface area contributed by atoms with Crippen LogP contribution in [0.4, 0.5) is 5.82 Å². The lowest BCUT2D eigenvalue weighted by atomic mass is 10.0. The van der Waals surface area contributed by atoms with Gasteiger partial charge in [0.15, 0.2) is 11.0 Å². The SMILES string of the molecule is CSc1ncc(C#N)c(N2CCCC(NC(=O)c3cc(C)n(C)n3)C2)n1. The van der Waals surface area contributed by atoms with Crippen LogP contribution >= 0.6 is 11.8 Å². The second-order valence-corrected chi connectivity index (χ2v) is 7.03. The van der Waals surface area contributed by atoms with Crippen molar-refractivity contribution in [2.45, 2.75) is 31.0 Å². The maximum atomic E-state index is 12.5. The van der Waals surface area contributed by atoms with Crippen molar-refractivity contribution in [1.29, 1.82) is 5.26 Å². The number of hydrogen-bond donors (Lipinski definition) is 1. The van der Waals surface area contributed by atoms with Crippen molar-refractivity contribution >= 4 is 23.5 Å². The Hall–Kier alpha value is -2.60. The summed E-state index contributed by atoms with van der Waals surface area (Å²) in [6.07, 6.45) is 5.26. The fraction of sp³-hybridized carbons (Fsp3) is 0.471. The summed E-state index contributed by atoms with van der Waals surface area (Å²) in [5.41, 5.74) is 1.81. The van der Waals surface area contributed by atoms with Crippen LogP contribution in [0.1, 0.15) is 34.6 Å². The highest BCUT2D eigenvalue weighted by molar-refractivity contribution is 7.98. The molecule has 3 heterocycles. The Morgan fingerprint density at radius 1 is 1.50 bits per heavy atom. The van der Waals surface area contributed by atoms with Crippen LogP contribution in [0, 0.1) is 18.3 Å². The third-order valence-electron chi connectivity index (χ3n) is 4.45. The van der Waals surface area contributed by atoms with E-state index in [9.17, 15) is 10.1 Å². The molecule has 0 aromatic carbocycles. The second-order valence-electron chi connectivity index (χ2n) is 6.26. The number of rotatable bonds is 4. The average Bonchev–Trinajstić information content (AvgIpc) is 3.00. The number of nitrogens with zero attached hydrogens (tertiary/aromatic N) is 6. The molecule has 1 aliphatic heterocycles. The minimum atomic E-state index is -0.173. The maximum absolute atomic E-state index is 12.5. The van der Waals surface area contributed by atoms with Crippen LogP contribution < -0.4 is 10.2 Å². The van der Waals surface area contributed by atoms with Crippen molar-refractivity contribution in [3.05, 3.63) is 29.2 Å². The van der Waals surface area contributed by atoms with Crippen LogP contribution in [-0.4, -0.2) is 51.0 Å². The normalized spacial score (nSPS) is 17.0. The first-order chi connectivity index (χ1) is 12.5. The molecule has 3 rings (SSSR count). The Bertz CT molecular complexity index is 838. The van der Waals surface area contributed by atoms with Crippen LogP contribution in [0.2, 0.25) is 0 Å². The van der Waals surface area contributed by atoms with E-state index in [0.717, 1.165) is 25.1 Å². The van der Waals surface area contributed by atoms with Gasteiger partial charge in [-0.2, -0.15) is 10.4 Å². The third-order valence-corrected chi connectivity index (χ3v) is 5.01. The monoisotopic (exact) mass is 371 g/mol. The zero-order valence-corrected chi connectivity index (χ0v) is 15.9. The first-order valence-corrected chi connectivity index (χ1v) is 9.62. The molecule has 1 saturated heterocycles. The van der Waals surface area contributed by atoms with Gasteiger partial charge in [0.1, 0.15) is 17.3 Å². The van der Waals surface area contributed by atoms with E-state index in [2.05, 4.69) is 31.4 Å². The number of nitrogens with one attached hydrogen (secondary N) is 1. The van der Waals surface area contributed by atoms with Crippen LogP contribution in [0.15, 0.2) is 17.4 Å². The van der Waals surface area contributed by atoms with Gasteiger partial charge in [-0.15, -0.1) is 0 Å². The molecule has 8 nitrogen and oxygen atoms in total. The van der Waals surface area contributed by atoms with E-state index in [1.807, 2.05) is 20.2 Å². The molecule has 1 amide bonds. The van der Waals surface area contributed by atoms with Gasteiger partial charge in [-0.1, -0.05) is 11.8 Å². The smallest absolute Gasteiger partial charge is 0.272 e. The summed E-state index contributed by atoms with van der Waals surface area (Å²) in [6.45, 7) is 3.32. The van der Waals surface area contributed by atoms with Gasteiger partial charge in [-0.05, 0) is 32.1 Å². The summed E-state index contributed by atoms with van der Waals surface area (Å²) < 4.78 is 1.69. The fourth-order valence-corrected chi connectivity index (χ4v) is 3.33. The molecule has 1 fully saturated rings. The second kappa shape index (κ2) is 7.74. The van der Waals surface area contributed by atoms with Crippen molar-refractivity contribution in [1.82, 2.24) is 25.1 Å². The minimum Gasteiger partial charge on any atom is -0.353 e. The highest BCUT2D eigenvalue weighted by atomic mass is 32.2. The number of thioether (sulfide) groups is 1. The zero-order valence-electron chi connectivity index (χ0n) is 15.1. The van der Waals surface area contributed by atoms with Gasteiger partial charge in [0.05, 0.1) is 6.20 Å². The molecule has 1 aliphatic rings. The first-order valence-electron chi connectivity index (χ1n) is 8.39. The van der Waals surface area contributed by atoms with Crippen molar-refractivity contribution in [3.63, 3.8) is 0 Å². The predicted octanol–water partition coefficient (Wildman–Crippen LogP) is 1.51. The number of piperidine rings is 1. The lowest BCUT2D eigenvalue weighted by Gasteiger charge is -2.34. The third kappa shape index (κ3) is 3.80. The molecule has 1 unspecified atom stereocenters. The van der Waals surface area contributed by atoms with Crippen LogP contribution in [-0.2, 0) is 7.05 Å². The fourth-order valence-electron chi connectivity index (χ4n) is 2.99. The summed E-state index contributed by atoms with van der Waals surface area (Å²) in [5.74, 6) is 0.466. The van der Waals surface area contributed by atoms with Crippen molar-refractivity contribution in [3.8, 4) is 6.07 Å². The molecule has 0 saturated carbocycles. The lowest BCUT2D eigenvalue weighted by molar-refractivity contribution is 0.0927. The number of carbonyl (C=O) groups excluding carboxylic acids is 1. The molecule has 1 N–H and O–H groups in total. The van der Waals surface area contributed by atoms with Crippen molar-refractivity contribution in [2.75, 3.05) is 24.2 Å². The Morgan fingerprint density at radius 3 is 2.96 bits per heavy atom. The molecule has 0 aliphatic carbocycles. The number of anilines is 1. The molecule has 0 radical (unpaired) electrons. The minimum absolute atomic E-state index is 0.0159. The Labute approximate surface area is 156 Å². The summed E-state index contributed by atoms with van der Waals surface area (Å²) >= 11 is 1.44.